The zero-order chi connectivity index (χ0) is 13.8. The molecule has 1 heterocycles. The van der Waals surface area contributed by atoms with E-state index in [-0.39, 0.29) is 5.92 Å². The summed E-state index contributed by atoms with van der Waals surface area (Å²) < 4.78 is 5.38. The van der Waals surface area contributed by atoms with E-state index in [0.717, 1.165) is 11.3 Å². The lowest BCUT2D eigenvalue weighted by Crippen LogP contribution is -2.11. The van der Waals surface area contributed by atoms with Crippen LogP contribution in [0.4, 0.5) is 0 Å². The molecule has 0 bridgehead atoms. The van der Waals surface area contributed by atoms with Crippen LogP contribution >= 0.6 is 0 Å². The molecule has 0 fully saturated rings. The van der Waals surface area contributed by atoms with E-state index in [4.69, 9.17) is 9.57 Å². The third-order valence-electron chi connectivity index (χ3n) is 2.77. The Morgan fingerprint density at radius 2 is 2.00 bits per heavy atom. The Hall–Kier alpha value is -2.10. The predicted molar refractivity (Wildman–Crippen MR) is 74.0 cm³/mol. The van der Waals surface area contributed by atoms with Crippen molar-refractivity contribution in [2.75, 3.05) is 6.61 Å². The second kappa shape index (κ2) is 5.69. The summed E-state index contributed by atoms with van der Waals surface area (Å²) in [6.45, 7) is 6.53. The number of oxime groups is 1. The lowest BCUT2D eigenvalue weighted by molar-refractivity contribution is -0.136. The monoisotopic (exact) mass is 259 g/mol. The smallest absolute Gasteiger partial charge is 0.367 e. The first-order valence-electron chi connectivity index (χ1n) is 6.36. The number of hydrogen-bond donors (Lipinski definition) is 0. The van der Waals surface area contributed by atoms with Crippen molar-refractivity contribution in [3.8, 4) is 5.75 Å². The standard InChI is InChI=1S/C15H17NO3/c1-4-18-12-7-5-11(6-8-12)9-13-14(10(2)3)16-19-15(13)17/h5-10H,4H2,1-3H3/b13-9-. The molecule has 0 aromatic heterocycles. The molecule has 0 amide bonds. The number of hydrogen-bond acceptors (Lipinski definition) is 4. The minimum atomic E-state index is -0.391. The largest absolute Gasteiger partial charge is 0.494 e. The molecule has 19 heavy (non-hydrogen) atoms. The van der Waals surface area contributed by atoms with Gasteiger partial charge in [0, 0.05) is 0 Å². The summed E-state index contributed by atoms with van der Waals surface area (Å²) in [5, 5.41) is 3.81. The van der Waals surface area contributed by atoms with E-state index in [9.17, 15) is 4.79 Å². The van der Waals surface area contributed by atoms with Crippen molar-refractivity contribution >= 4 is 17.8 Å². The summed E-state index contributed by atoms with van der Waals surface area (Å²) in [5.74, 6) is 0.578. The molecule has 0 aliphatic carbocycles. The fraction of sp³-hybridized carbons (Fsp3) is 0.333. The molecule has 0 unspecified atom stereocenters. The van der Waals surface area contributed by atoms with Gasteiger partial charge in [-0.25, -0.2) is 4.79 Å². The Morgan fingerprint density at radius 1 is 1.32 bits per heavy atom. The second-order valence-electron chi connectivity index (χ2n) is 4.57. The molecule has 0 spiro atoms. The van der Waals surface area contributed by atoms with E-state index in [1.165, 1.54) is 0 Å². The zero-order valence-electron chi connectivity index (χ0n) is 11.3. The van der Waals surface area contributed by atoms with Crippen LogP contribution in [-0.4, -0.2) is 18.3 Å². The van der Waals surface area contributed by atoms with E-state index < -0.39 is 5.97 Å². The number of rotatable bonds is 4. The molecule has 1 aliphatic rings. The average molecular weight is 259 g/mol. The molecule has 0 saturated heterocycles. The summed E-state index contributed by atoms with van der Waals surface area (Å²) in [6, 6.07) is 7.56. The Labute approximate surface area is 112 Å². The highest BCUT2D eigenvalue weighted by atomic mass is 16.7. The van der Waals surface area contributed by atoms with Gasteiger partial charge in [0.25, 0.3) is 0 Å². The molecule has 4 heteroatoms. The van der Waals surface area contributed by atoms with Gasteiger partial charge in [0.15, 0.2) is 0 Å². The van der Waals surface area contributed by atoms with E-state index in [1.807, 2.05) is 45.0 Å². The molecule has 100 valence electrons. The summed E-state index contributed by atoms with van der Waals surface area (Å²) in [5.41, 5.74) is 2.14. The first-order valence-corrected chi connectivity index (χ1v) is 6.36. The van der Waals surface area contributed by atoms with Crippen LogP contribution in [0.25, 0.3) is 6.08 Å². The molecule has 1 aromatic carbocycles. The maximum absolute atomic E-state index is 11.6. The zero-order valence-corrected chi connectivity index (χ0v) is 11.3. The Balaban J connectivity index is 2.24. The molecule has 0 radical (unpaired) electrons. The minimum Gasteiger partial charge on any atom is -0.494 e. The predicted octanol–water partition coefficient (Wildman–Crippen LogP) is 3.04. The molecule has 2 rings (SSSR count). The van der Waals surface area contributed by atoms with Gasteiger partial charge in [0.2, 0.25) is 0 Å². The van der Waals surface area contributed by atoms with Crippen molar-refractivity contribution in [2.24, 2.45) is 11.1 Å². The second-order valence-corrected chi connectivity index (χ2v) is 4.57. The van der Waals surface area contributed by atoms with Gasteiger partial charge in [0.1, 0.15) is 5.75 Å². The molecule has 0 atom stereocenters. The van der Waals surface area contributed by atoms with E-state index >= 15 is 0 Å². The molecular formula is C15H17NO3. The highest BCUT2D eigenvalue weighted by Crippen LogP contribution is 2.21. The maximum Gasteiger partial charge on any atom is 0.367 e. The Kier molecular flexibility index (Phi) is 4.00. The van der Waals surface area contributed by atoms with Crippen LogP contribution in [0.3, 0.4) is 0 Å². The number of carbonyl (C=O) groups is 1. The minimum absolute atomic E-state index is 0.153. The topological polar surface area (TPSA) is 47.9 Å². The van der Waals surface area contributed by atoms with Crippen molar-refractivity contribution in [2.45, 2.75) is 20.8 Å². The lowest BCUT2D eigenvalue weighted by Gasteiger charge is -2.04. The van der Waals surface area contributed by atoms with Crippen LogP contribution in [0.5, 0.6) is 5.75 Å². The van der Waals surface area contributed by atoms with E-state index in [2.05, 4.69) is 5.16 Å². The SMILES string of the molecule is CCOc1ccc(/C=C2\C(=O)ON=C2C(C)C)cc1. The maximum atomic E-state index is 11.6. The highest BCUT2D eigenvalue weighted by molar-refractivity contribution is 6.25. The first-order chi connectivity index (χ1) is 9.11. The van der Waals surface area contributed by atoms with Crippen LogP contribution in [0.15, 0.2) is 35.0 Å². The summed E-state index contributed by atoms with van der Waals surface area (Å²) in [4.78, 5) is 16.4. The molecule has 4 nitrogen and oxygen atoms in total. The van der Waals surface area contributed by atoms with Gasteiger partial charge >= 0.3 is 5.97 Å². The highest BCUT2D eigenvalue weighted by Gasteiger charge is 2.27. The molecule has 1 aromatic rings. The van der Waals surface area contributed by atoms with Gasteiger partial charge < -0.3 is 9.57 Å². The number of carbonyl (C=O) groups excluding carboxylic acids is 1. The van der Waals surface area contributed by atoms with E-state index in [1.54, 1.807) is 6.08 Å². The third kappa shape index (κ3) is 3.02. The molecule has 0 saturated carbocycles. The van der Waals surface area contributed by atoms with Gasteiger partial charge in [0.05, 0.1) is 17.9 Å². The summed E-state index contributed by atoms with van der Waals surface area (Å²) >= 11 is 0. The number of ether oxygens (including phenoxy) is 1. The van der Waals surface area contributed by atoms with Crippen LogP contribution in [0.2, 0.25) is 0 Å². The molecular weight excluding hydrogens is 242 g/mol. The number of benzene rings is 1. The van der Waals surface area contributed by atoms with Crippen LogP contribution in [0, 0.1) is 5.92 Å². The average Bonchev–Trinajstić information content (AvgIpc) is 2.74. The van der Waals surface area contributed by atoms with E-state index in [0.29, 0.717) is 17.9 Å². The molecule has 0 N–H and O–H groups in total. The van der Waals surface area contributed by atoms with Gasteiger partial charge in [-0.05, 0) is 36.6 Å². The third-order valence-corrected chi connectivity index (χ3v) is 2.77. The van der Waals surface area contributed by atoms with Crippen molar-refractivity contribution in [3.63, 3.8) is 0 Å². The van der Waals surface area contributed by atoms with Gasteiger partial charge in [-0.1, -0.05) is 31.1 Å². The van der Waals surface area contributed by atoms with Gasteiger partial charge in [-0.2, -0.15) is 0 Å². The summed E-state index contributed by atoms with van der Waals surface area (Å²) in [6.07, 6.45) is 1.80. The molecule has 1 aliphatic heterocycles. The van der Waals surface area contributed by atoms with Crippen LogP contribution in [-0.2, 0) is 9.63 Å². The first kappa shape index (κ1) is 13.3. The van der Waals surface area contributed by atoms with Crippen molar-refractivity contribution < 1.29 is 14.4 Å². The van der Waals surface area contributed by atoms with Gasteiger partial charge in [-0.3, -0.25) is 0 Å². The van der Waals surface area contributed by atoms with Crippen LogP contribution in [0.1, 0.15) is 26.3 Å². The van der Waals surface area contributed by atoms with Crippen molar-refractivity contribution in [3.05, 3.63) is 35.4 Å². The summed E-state index contributed by atoms with van der Waals surface area (Å²) in [7, 11) is 0. The Bertz CT molecular complexity index is 527. The number of nitrogens with zero attached hydrogens (tertiary/aromatic N) is 1. The fourth-order valence-corrected chi connectivity index (χ4v) is 1.84. The van der Waals surface area contributed by atoms with Gasteiger partial charge in [-0.15, -0.1) is 0 Å². The lowest BCUT2D eigenvalue weighted by atomic mass is 9.98. The fourth-order valence-electron chi connectivity index (χ4n) is 1.84. The van der Waals surface area contributed by atoms with Crippen LogP contribution < -0.4 is 4.74 Å². The van der Waals surface area contributed by atoms with Crippen molar-refractivity contribution in [1.82, 2.24) is 0 Å². The quantitative estimate of drug-likeness (QED) is 0.616. The Morgan fingerprint density at radius 3 is 2.58 bits per heavy atom. The normalized spacial score (nSPS) is 16.7. The van der Waals surface area contributed by atoms with Crippen molar-refractivity contribution in [1.29, 1.82) is 0 Å².